The minimum Gasteiger partial charge on any atom is -0.397 e. The maximum absolute atomic E-state index is 13.7. The largest absolute Gasteiger partial charge is 0.397 e. The van der Waals surface area contributed by atoms with Crippen molar-refractivity contribution in [3.63, 3.8) is 0 Å². The molecule has 0 aromatic heterocycles. The first kappa shape index (κ1) is 13.3. The second kappa shape index (κ2) is 5.24. The van der Waals surface area contributed by atoms with E-state index in [1.807, 2.05) is 6.07 Å². The monoisotopic (exact) mass is 323 g/mol. The number of hydrogen-bond acceptors (Lipinski definition) is 3. The lowest BCUT2D eigenvalue weighted by molar-refractivity contribution is 0.622. The lowest BCUT2D eigenvalue weighted by atomic mass is 10.2. The predicted octanol–water partition coefficient (Wildman–Crippen LogP) is 3.92. The quantitative estimate of drug-likeness (QED) is 0.823. The number of nitrogen functional groups attached to an aromatic ring is 1. The molecule has 0 unspecified atom stereocenters. The van der Waals surface area contributed by atoms with E-state index in [9.17, 15) is 8.78 Å². The first-order chi connectivity index (χ1) is 9.01. The first-order valence-corrected chi connectivity index (χ1v) is 6.01. The number of nitrogens with one attached hydrogen (secondary N) is 1. The fraction of sp³-hybridized carbons (Fsp3) is 0. The van der Waals surface area contributed by atoms with E-state index in [-0.39, 0.29) is 21.4 Å². The Bertz CT molecular complexity index is 680. The van der Waals surface area contributed by atoms with Crippen molar-refractivity contribution in [2.45, 2.75) is 0 Å². The SMILES string of the molecule is N#Cc1ccc(Nc2cc(Br)c(F)cc2N)c(F)c1. The summed E-state index contributed by atoms with van der Waals surface area (Å²) in [5.41, 5.74) is 6.55. The average molecular weight is 324 g/mol. The fourth-order valence-corrected chi connectivity index (χ4v) is 1.84. The molecule has 0 aliphatic rings. The summed E-state index contributed by atoms with van der Waals surface area (Å²) in [5.74, 6) is -1.08. The van der Waals surface area contributed by atoms with Crippen LogP contribution in [0.1, 0.15) is 5.56 Å². The van der Waals surface area contributed by atoms with Gasteiger partial charge < -0.3 is 11.1 Å². The highest BCUT2D eigenvalue weighted by Crippen LogP contribution is 2.30. The summed E-state index contributed by atoms with van der Waals surface area (Å²) in [6, 6.07) is 8.39. The predicted molar refractivity (Wildman–Crippen MR) is 72.9 cm³/mol. The van der Waals surface area contributed by atoms with Gasteiger partial charge in [0.15, 0.2) is 0 Å². The molecule has 0 atom stereocenters. The van der Waals surface area contributed by atoms with Crippen LogP contribution >= 0.6 is 15.9 Å². The lowest BCUT2D eigenvalue weighted by Gasteiger charge is -2.11. The summed E-state index contributed by atoms with van der Waals surface area (Å²) < 4.78 is 27.1. The van der Waals surface area contributed by atoms with Gasteiger partial charge in [-0.15, -0.1) is 0 Å². The number of halogens is 3. The molecule has 6 heteroatoms. The molecule has 0 spiro atoms. The Labute approximate surface area is 116 Å². The van der Waals surface area contributed by atoms with Crippen LogP contribution in [0, 0.1) is 23.0 Å². The molecule has 19 heavy (non-hydrogen) atoms. The molecule has 0 radical (unpaired) electrons. The van der Waals surface area contributed by atoms with Crippen molar-refractivity contribution in [2.24, 2.45) is 0 Å². The van der Waals surface area contributed by atoms with E-state index in [1.165, 1.54) is 18.2 Å². The molecule has 0 aliphatic carbocycles. The normalized spacial score (nSPS) is 10.0. The van der Waals surface area contributed by atoms with Crippen LogP contribution in [-0.2, 0) is 0 Å². The highest BCUT2D eigenvalue weighted by atomic mass is 79.9. The maximum atomic E-state index is 13.7. The molecular formula is C13H8BrF2N3. The third-order valence-electron chi connectivity index (χ3n) is 2.46. The molecule has 0 amide bonds. The second-order valence-electron chi connectivity index (χ2n) is 3.78. The summed E-state index contributed by atoms with van der Waals surface area (Å²) in [5, 5.41) is 11.4. The zero-order chi connectivity index (χ0) is 14.0. The minimum absolute atomic E-state index is 0.157. The summed E-state index contributed by atoms with van der Waals surface area (Å²) in [6.45, 7) is 0. The smallest absolute Gasteiger partial charge is 0.147 e. The zero-order valence-electron chi connectivity index (χ0n) is 9.55. The molecule has 0 aliphatic heterocycles. The Kier molecular flexibility index (Phi) is 3.67. The molecule has 0 bridgehead atoms. The number of nitrogens with two attached hydrogens (primary N) is 1. The number of anilines is 3. The molecule has 0 heterocycles. The molecule has 3 nitrogen and oxygen atoms in total. The Morgan fingerprint density at radius 1 is 1.11 bits per heavy atom. The molecule has 3 N–H and O–H groups in total. The van der Waals surface area contributed by atoms with Crippen LogP contribution < -0.4 is 11.1 Å². The Balaban J connectivity index is 2.37. The number of nitrogens with zero attached hydrogens (tertiary/aromatic N) is 1. The summed E-state index contributed by atoms with van der Waals surface area (Å²) >= 11 is 3.03. The average Bonchev–Trinajstić information content (AvgIpc) is 2.38. The fourth-order valence-electron chi connectivity index (χ4n) is 1.50. The van der Waals surface area contributed by atoms with Gasteiger partial charge in [-0.1, -0.05) is 0 Å². The van der Waals surface area contributed by atoms with Crippen molar-refractivity contribution in [3.05, 3.63) is 52.0 Å². The van der Waals surface area contributed by atoms with Gasteiger partial charge in [0.25, 0.3) is 0 Å². The van der Waals surface area contributed by atoms with Crippen molar-refractivity contribution >= 4 is 33.0 Å². The summed E-state index contributed by atoms with van der Waals surface area (Å²) in [4.78, 5) is 0. The van der Waals surface area contributed by atoms with Crippen LogP contribution in [-0.4, -0.2) is 0 Å². The highest BCUT2D eigenvalue weighted by Gasteiger charge is 2.09. The third kappa shape index (κ3) is 2.83. The van der Waals surface area contributed by atoms with Crippen molar-refractivity contribution < 1.29 is 8.78 Å². The van der Waals surface area contributed by atoms with Gasteiger partial charge in [-0.25, -0.2) is 8.78 Å². The van der Waals surface area contributed by atoms with Gasteiger partial charge in [0.1, 0.15) is 11.6 Å². The highest BCUT2D eigenvalue weighted by molar-refractivity contribution is 9.10. The van der Waals surface area contributed by atoms with Crippen LogP contribution in [0.2, 0.25) is 0 Å². The van der Waals surface area contributed by atoms with Crippen LogP contribution in [0.4, 0.5) is 25.8 Å². The maximum Gasteiger partial charge on any atom is 0.147 e. The minimum atomic E-state index is -0.584. The molecule has 96 valence electrons. The first-order valence-electron chi connectivity index (χ1n) is 5.22. The van der Waals surface area contributed by atoms with Crippen molar-refractivity contribution in [3.8, 4) is 6.07 Å². The van der Waals surface area contributed by atoms with E-state index in [1.54, 1.807) is 0 Å². The van der Waals surface area contributed by atoms with E-state index in [0.29, 0.717) is 5.69 Å². The number of nitriles is 1. The molecule has 2 aromatic carbocycles. The van der Waals surface area contributed by atoms with Crippen LogP contribution in [0.15, 0.2) is 34.8 Å². The second-order valence-corrected chi connectivity index (χ2v) is 4.64. The van der Waals surface area contributed by atoms with Gasteiger partial charge in [0, 0.05) is 6.07 Å². The van der Waals surface area contributed by atoms with Gasteiger partial charge >= 0.3 is 0 Å². The van der Waals surface area contributed by atoms with Crippen molar-refractivity contribution in [2.75, 3.05) is 11.1 Å². The molecular weight excluding hydrogens is 316 g/mol. The standard InChI is InChI=1S/C13H8BrF2N3/c14-8-4-13(11(18)5-9(8)15)19-12-2-1-7(6-17)3-10(12)16/h1-5,19H,18H2. The molecule has 2 aromatic rings. The van der Waals surface area contributed by atoms with Gasteiger partial charge in [-0.2, -0.15) is 5.26 Å². The van der Waals surface area contributed by atoms with Gasteiger partial charge in [-0.05, 0) is 40.2 Å². The van der Waals surface area contributed by atoms with Crippen molar-refractivity contribution in [1.29, 1.82) is 5.26 Å². The van der Waals surface area contributed by atoms with Crippen LogP contribution in [0.5, 0.6) is 0 Å². The van der Waals surface area contributed by atoms with E-state index >= 15 is 0 Å². The van der Waals surface area contributed by atoms with Gasteiger partial charge in [0.2, 0.25) is 0 Å². The Morgan fingerprint density at radius 2 is 1.84 bits per heavy atom. The topological polar surface area (TPSA) is 61.8 Å². The zero-order valence-corrected chi connectivity index (χ0v) is 11.1. The lowest BCUT2D eigenvalue weighted by Crippen LogP contribution is -1.99. The Hall–Kier alpha value is -2.13. The van der Waals surface area contributed by atoms with Crippen molar-refractivity contribution in [1.82, 2.24) is 0 Å². The van der Waals surface area contributed by atoms with Gasteiger partial charge in [-0.3, -0.25) is 0 Å². The molecule has 0 saturated heterocycles. The summed E-state index contributed by atoms with van der Waals surface area (Å²) in [7, 11) is 0. The number of hydrogen-bond donors (Lipinski definition) is 2. The van der Waals surface area contributed by atoms with Crippen LogP contribution in [0.25, 0.3) is 0 Å². The molecule has 0 saturated carbocycles. The third-order valence-corrected chi connectivity index (χ3v) is 3.07. The van der Waals surface area contributed by atoms with Crippen LogP contribution in [0.3, 0.4) is 0 Å². The van der Waals surface area contributed by atoms with Gasteiger partial charge in [0.05, 0.1) is 33.2 Å². The number of benzene rings is 2. The number of rotatable bonds is 2. The molecule has 2 rings (SSSR count). The Morgan fingerprint density at radius 3 is 2.47 bits per heavy atom. The molecule has 0 fully saturated rings. The van der Waals surface area contributed by atoms with E-state index < -0.39 is 11.6 Å². The van der Waals surface area contributed by atoms with E-state index in [4.69, 9.17) is 11.0 Å². The van der Waals surface area contributed by atoms with E-state index in [2.05, 4.69) is 21.2 Å². The summed E-state index contributed by atoms with van der Waals surface area (Å²) in [6.07, 6.45) is 0. The van der Waals surface area contributed by atoms with E-state index in [0.717, 1.165) is 12.1 Å².